The summed E-state index contributed by atoms with van der Waals surface area (Å²) in [5.74, 6) is 3.67. The van der Waals surface area contributed by atoms with Crippen LogP contribution in [0.15, 0.2) is 11.6 Å². The molecule has 0 aromatic heterocycles. The molecule has 0 aromatic carbocycles. The summed E-state index contributed by atoms with van der Waals surface area (Å²) in [5, 5.41) is 0. The van der Waals surface area contributed by atoms with Gasteiger partial charge in [-0.1, -0.05) is 31.6 Å². The van der Waals surface area contributed by atoms with Crippen molar-refractivity contribution in [3.63, 3.8) is 0 Å². The Morgan fingerprint density at radius 1 is 1.45 bits per heavy atom. The quantitative estimate of drug-likeness (QED) is 0.336. The van der Waals surface area contributed by atoms with Crippen LogP contribution in [0.3, 0.4) is 0 Å². The van der Waals surface area contributed by atoms with Crippen LogP contribution in [0.4, 0.5) is 0 Å². The molecule has 0 amide bonds. The first kappa shape index (κ1) is 10.8. The monoisotopic (exact) mass is 186 g/mol. The maximum absolute atomic E-state index is 5.51. The van der Waals surface area contributed by atoms with Gasteiger partial charge in [0.25, 0.3) is 0 Å². The number of rotatable bonds is 1. The zero-order valence-electron chi connectivity index (χ0n) is 7.66. The van der Waals surface area contributed by atoms with E-state index in [0.29, 0.717) is 5.88 Å². The fourth-order valence-electron chi connectivity index (χ4n) is 0.453. The van der Waals surface area contributed by atoms with Gasteiger partial charge in [-0.25, -0.2) is 0 Å². The predicted molar refractivity (Wildman–Crippen MR) is 55.6 cm³/mol. The van der Waals surface area contributed by atoms with Gasteiger partial charge in [0.1, 0.15) is 8.07 Å². The molecule has 0 radical (unpaired) electrons. The van der Waals surface area contributed by atoms with Gasteiger partial charge in [0, 0.05) is 5.88 Å². The minimum atomic E-state index is -1.19. The molecule has 0 rings (SSSR count). The molecule has 0 aromatic rings. The third-order valence-electron chi connectivity index (χ3n) is 1.02. The molecular weight excluding hydrogens is 172 g/mol. The first-order chi connectivity index (χ1) is 4.95. The van der Waals surface area contributed by atoms with Gasteiger partial charge in [0.05, 0.1) is 0 Å². The molecule has 0 unspecified atom stereocenters. The van der Waals surface area contributed by atoms with E-state index in [4.69, 9.17) is 11.6 Å². The molecule has 0 aliphatic rings. The predicted octanol–water partition coefficient (Wildman–Crippen LogP) is 3.05. The number of allylic oxidation sites excluding steroid dienone is 2. The Labute approximate surface area is 75.7 Å². The van der Waals surface area contributed by atoms with Crippen molar-refractivity contribution in [2.24, 2.45) is 0 Å². The minimum Gasteiger partial charge on any atom is -0.127 e. The second-order valence-corrected chi connectivity index (χ2v) is 8.60. The summed E-state index contributed by atoms with van der Waals surface area (Å²) in [6.45, 7) is 8.69. The van der Waals surface area contributed by atoms with Gasteiger partial charge in [-0.3, -0.25) is 0 Å². The van der Waals surface area contributed by atoms with Gasteiger partial charge in [-0.2, -0.15) is 0 Å². The molecule has 0 aliphatic heterocycles. The standard InChI is InChI=1S/C9H15ClSi/c1-9(5-7-10)6-8-11(2,3)4/h5H,7H2,1-4H3/b9-5+. The lowest BCUT2D eigenvalue weighted by Gasteiger charge is -2.02. The fourth-order valence-corrected chi connectivity index (χ4v) is 1.26. The van der Waals surface area contributed by atoms with Gasteiger partial charge < -0.3 is 0 Å². The van der Waals surface area contributed by atoms with Crippen molar-refractivity contribution in [2.45, 2.75) is 26.6 Å². The largest absolute Gasteiger partial charge is 0.129 e. The molecule has 0 saturated carbocycles. The van der Waals surface area contributed by atoms with Crippen molar-refractivity contribution >= 4 is 19.7 Å². The van der Waals surface area contributed by atoms with Crippen LogP contribution < -0.4 is 0 Å². The van der Waals surface area contributed by atoms with Crippen LogP contribution in [0.5, 0.6) is 0 Å². The fraction of sp³-hybridized carbons (Fsp3) is 0.556. The Morgan fingerprint density at radius 2 is 2.00 bits per heavy atom. The number of alkyl halides is 1. The SMILES string of the molecule is C/C(C#C[Si](C)(C)C)=C\CCl. The highest BCUT2D eigenvalue weighted by Gasteiger charge is 2.06. The summed E-state index contributed by atoms with van der Waals surface area (Å²) in [6.07, 6.45) is 1.94. The average molecular weight is 187 g/mol. The van der Waals surface area contributed by atoms with E-state index in [0.717, 1.165) is 5.57 Å². The Kier molecular flexibility index (Phi) is 4.56. The molecule has 0 atom stereocenters. The Balaban J connectivity index is 4.19. The van der Waals surface area contributed by atoms with E-state index in [-0.39, 0.29) is 0 Å². The minimum absolute atomic E-state index is 0.562. The lowest BCUT2D eigenvalue weighted by atomic mass is 10.3. The smallest absolute Gasteiger partial charge is 0.127 e. The topological polar surface area (TPSA) is 0 Å². The summed E-state index contributed by atoms with van der Waals surface area (Å²) in [5.41, 5.74) is 4.35. The molecule has 0 heterocycles. The van der Waals surface area contributed by atoms with Crippen LogP contribution in [0.25, 0.3) is 0 Å². The zero-order valence-corrected chi connectivity index (χ0v) is 9.42. The second-order valence-electron chi connectivity index (χ2n) is 3.54. The number of hydrogen-bond donors (Lipinski definition) is 0. The summed E-state index contributed by atoms with van der Waals surface area (Å²) >= 11 is 5.51. The van der Waals surface area contributed by atoms with Crippen LogP contribution in [0.1, 0.15) is 6.92 Å². The lowest BCUT2D eigenvalue weighted by Crippen LogP contribution is -2.16. The van der Waals surface area contributed by atoms with Gasteiger partial charge >= 0.3 is 0 Å². The molecule has 62 valence electrons. The zero-order chi connectivity index (χ0) is 8.91. The van der Waals surface area contributed by atoms with Crippen molar-refractivity contribution in [1.29, 1.82) is 0 Å². The highest BCUT2D eigenvalue weighted by Crippen LogP contribution is 1.98. The third kappa shape index (κ3) is 7.71. The van der Waals surface area contributed by atoms with Crippen LogP contribution in [0, 0.1) is 11.5 Å². The van der Waals surface area contributed by atoms with Crippen LogP contribution in [-0.4, -0.2) is 14.0 Å². The van der Waals surface area contributed by atoms with Gasteiger partial charge in [-0.05, 0) is 12.5 Å². The molecule has 0 bridgehead atoms. The second kappa shape index (κ2) is 4.64. The van der Waals surface area contributed by atoms with Crippen molar-refractivity contribution < 1.29 is 0 Å². The third-order valence-corrected chi connectivity index (χ3v) is 2.05. The van der Waals surface area contributed by atoms with Gasteiger partial charge in [0.15, 0.2) is 0 Å². The van der Waals surface area contributed by atoms with E-state index in [2.05, 4.69) is 31.1 Å². The highest BCUT2D eigenvalue weighted by molar-refractivity contribution is 6.83. The molecule has 2 heteroatoms. The van der Waals surface area contributed by atoms with Crippen LogP contribution >= 0.6 is 11.6 Å². The molecule has 11 heavy (non-hydrogen) atoms. The van der Waals surface area contributed by atoms with E-state index >= 15 is 0 Å². The first-order valence-corrected chi connectivity index (χ1v) is 7.75. The summed E-state index contributed by atoms with van der Waals surface area (Å²) in [7, 11) is -1.19. The first-order valence-electron chi connectivity index (χ1n) is 3.71. The van der Waals surface area contributed by atoms with Gasteiger partial charge in [-0.15, -0.1) is 17.1 Å². The van der Waals surface area contributed by atoms with Crippen molar-refractivity contribution in [3.05, 3.63) is 11.6 Å². The molecule has 0 spiro atoms. The van der Waals surface area contributed by atoms with E-state index in [1.54, 1.807) is 0 Å². The van der Waals surface area contributed by atoms with Crippen molar-refractivity contribution in [3.8, 4) is 11.5 Å². The normalized spacial score (nSPS) is 12.3. The Hall–Kier alpha value is -0.193. The molecule has 0 N–H and O–H groups in total. The van der Waals surface area contributed by atoms with E-state index in [1.165, 1.54) is 0 Å². The highest BCUT2D eigenvalue weighted by atomic mass is 35.5. The van der Waals surface area contributed by atoms with Crippen LogP contribution in [0.2, 0.25) is 19.6 Å². The summed E-state index contributed by atoms with van der Waals surface area (Å²) in [4.78, 5) is 0. The van der Waals surface area contributed by atoms with Gasteiger partial charge in [0.2, 0.25) is 0 Å². The Bertz CT molecular complexity index is 200. The summed E-state index contributed by atoms with van der Waals surface area (Å²) in [6, 6.07) is 0. The number of halogens is 1. The van der Waals surface area contributed by atoms with E-state index in [1.807, 2.05) is 13.0 Å². The number of hydrogen-bond acceptors (Lipinski definition) is 0. The van der Waals surface area contributed by atoms with Crippen LogP contribution in [-0.2, 0) is 0 Å². The average Bonchev–Trinajstić information content (AvgIpc) is 1.83. The maximum Gasteiger partial charge on any atom is 0.129 e. The molecule has 0 nitrogen and oxygen atoms in total. The lowest BCUT2D eigenvalue weighted by molar-refractivity contribution is 1.53. The Morgan fingerprint density at radius 3 is 2.36 bits per heavy atom. The molecule has 0 aliphatic carbocycles. The van der Waals surface area contributed by atoms with Crippen molar-refractivity contribution in [1.82, 2.24) is 0 Å². The molecule has 0 saturated heterocycles. The van der Waals surface area contributed by atoms with E-state index < -0.39 is 8.07 Å². The molecule has 0 fully saturated rings. The maximum atomic E-state index is 5.51. The summed E-state index contributed by atoms with van der Waals surface area (Å²) < 4.78 is 0. The molecular formula is C9H15ClSi. The van der Waals surface area contributed by atoms with Crippen molar-refractivity contribution in [2.75, 3.05) is 5.88 Å². The van der Waals surface area contributed by atoms with E-state index in [9.17, 15) is 0 Å².